The first kappa shape index (κ1) is 16.3. The van der Waals surface area contributed by atoms with Crippen LogP contribution >= 0.6 is 0 Å². The van der Waals surface area contributed by atoms with Gasteiger partial charge in [-0.25, -0.2) is 9.97 Å². The van der Waals surface area contributed by atoms with E-state index in [0.29, 0.717) is 0 Å². The third-order valence-electron chi connectivity index (χ3n) is 5.25. The first-order valence-electron chi connectivity index (χ1n) is 8.96. The summed E-state index contributed by atoms with van der Waals surface area (Å²) in [5, 5.41) is 8.36. The Hall–Kier alpha value is -2.22. The number of methoxy groups -OCH3 is 1. The summed E-state index contributed by atoms with van der Waals surface area (Å²) < 4.78 is 7.60. The predicted molar refractivity (Wildman–Crippen MR) is 94.6 cm³/mol. The second kappa shape index (κ2) is 6.95. The Kier molecular flexibility index (Phi) is 4.52. The van der Waals surface area contributed by atoms with Crippen molar-refractivity contribution < 1.29 is 4.74 Å². The van der Waals surface area contributed by atoms with Crippen LogP contribution in [0.2, 0.25) is 0 Å². The van der Waals surface area contributed by atoms with Crippen LogP contribution in [-0.2, 0) is 11.8 Å². The topological polar surface area (TPSA) is 72.2 Å². The third-order valence-corrected chi connectivity index (χ3v) is 5.25. The van der Waals surface area contributed by atoms with Crippen LogP contribution in [0, 0.1) is 0 Å². The molecule has 2 aliphatic rings. The van der Waals surface area contributed by atoms with Gasteiger partial charge in [-0.15, -0.1) is 10.2 Å². The molecule has 0 N–H and O–H groups in total. The fraction of sp³-hybridized carbons (Fsp3) is 0.647. The van der Waals surface area contributed by atoms with Crippen LogP contribution < -0.4 is 9.80 Å². The molecule has 8 heteroatoms. The zero-order valence-electron chi connectivity index (χ0n) is 14.9. The molecule has 0 spiro atoms. The van der Waals surface area contributed by atoms with Crippen LogP contribution in [0.4, 0.5) is 11.6 Å². The highest BCUT2D eigenvalue weighted by Gasteiger charge is 2.37. The molecule has 2 fully saturated rings. The van der Waals surface area contributed by atoms with Crippen molar-refractivity contribution in [2.24, 2.45) is 7.05 Å². The van der Waals surface area contributed by atoms with Crippen LogP contribution in [0.5, 0.6) is 0 Å². The molecule has 2 aromatic rings. The molecule has 134 valence electrons. The van der Waals surface area contributed by atoms with Gasteiger partial charge in [-0.3, -0.25) is 0 Å². The third kappa shape index (κ3) is 3.18. The number of piperidine rings is 1. The smallest absolute Gasteiger partial charge is 0.155 e. The van der Waals surface area contributed by atoms with Gasteiger partial charge >= 0.3 is 0 Å². The molecule has 2 aromatic heterocycles. The van der Waals surface area contributed by atoms with Crippen LogP contribution in [0.1, 0.15) is 37.5 Å². The lowest BCUT2D eigenvalue weighted by Gasteiger charge is -2.29. The van der Waals surface area contributed by atoms with Crippen LogP contribution in [-0.4, -0.2) is 57.6 Å². The Bertz CT molecular complexity index is 713. The standard InChI is InChI=1S/C17H25N7O/c1-22-12-20-21-17(22)14-8-13(25-2)10-24(14)16-9-15(18-11-19-16)23-6-4-3-5-7-23/h9,11-14H,3-8,10H2,1-2H3/t13-,14+/m1/s1. The number of ether oxygens (including phenoxy) is 1. The Morgan fingerprint density at radius 3 is 2.64 bits per heavy atom. The van der Waals surface area contributed by atoms with E-state index >= 15 is 0 Å². The van der Waals surface area contributed by atoms with Crippen molar-refractivity contribution in [3.8, 4) is 0 Å². The van der Waals surface area contributed by atoms with E-state index < -0.39 is 0 Å². The summed E-state index contributed by atoms with van der Waals surface area (Å²) in [4.78, 5) is 13.7. The van der Waals surface area contributed by atoms with Gasteiger partial charge in [0.05, 0.1) is 12.1 Å². The summed E-state index contributed by atoms with van der Waals surface area (Å²) in [5.41, 5.74) is 0. The van der Waals surface area contributed by atoms with Crippen molar-refractivity contribution in [1.29, 1.82) is 0 Å². The minimum absolute atomic E-state index is 0.113. The number of hydrogen-bond donors (Lipinski definition) is 0. The Balaban J connectivity index is 1.63. The number of hydrogen-bond acceptors (Lipinski definition) is 7. The fourth-order valence-electron chi connectivity index (χ4n) is 3.85. The molecule has 2 saturated heterocycles. The molecule has 2 atom stereocenters. The molecule has 0 unspecified atom stereocenters. The highest BCUT2D eigenvalue weighted by Crippen LogP contribution is 2.36. The lowest BCUT2D eigenvalue weighted by atomic mass is 10.1. The zero-order chi connectivity index (χ0) is 17.2. The van der Waals surface area contributed by atoms with Gasteiger partial charge in [0, 0.05) is 46.3 Å². The van der Waals surface area contributed by atoms with Gasteiger partial charge in [-0.1, -0.05) is 0 Å². The van der Waals surface area contributed by atoms with Gasteiger partial charge in [0.15, 0.2) is 5.82 Å². The van der Waals surface area contributed by atoms with Crippen molar-refractivity contribution in [3.63, 3.8) is 0 Å². The average molecular weight is 343 g/mol. The first-order chi connectivity index (χ1) is 12.3. The lowest BCUT2D eigenvalue weighted by Crippen LogP contribution is -2.31. The minimum Gasteiger partial charge on any atom is -0.380 e. The quantitative estimate of drug-likeness (QED) is 0.834. The van der Waals surface area contributed by atoms with E-state index in [4.69, 9.17) is 4.74 Å². The zero-order valence-corrected chi connectivity index (χ0v) is 14.9. The molecule has 8 nitrogen and oxygen atoms in total. The second-order valence-corrected chi connectivity index (χ2v) is 6.84. The molecule has 2 aliphatic heterocycles. The molecule has 4 rings (SSSR count). The van der Waals surface area contributed by atoms with E-state index in [9.17, 15) is 0 Å². The molecular formula is C17H25N7O. The average Bonchev–Trinajstić information content (AvgIpc) is 3.28. The molecule has 0 bridgehead atoms. The molecule has 0 amide bonds. The van der Waals surface area contributed by atoms with Crippen molar-refractivity contribution in [1.82, 2.24) is 24.7 Å². The van der Waals surface area contributed by atoms with Gasteiger partial charge < -0.3 is 19.1 Å². The molecule has 0 aliphatic carbocycles. The SMILES string of the molecule is CO[C@@H]1C[C@@H](c2nncn2C)N(c2cc(N3CCCCC3)ncn2)C1. The molecule has 0 radical (unpaired) electrons. The highest BCUT2D eigenvalue weighted by molar-refractivity contribution is 5.52. The van der Waals surface area contributed by atoms with Crippen LogP contribution in [0.25, 0.3) is 0 Å². The Morgan fingerprint density at radius 2 is 1.92 bits per heavy atom. The Morgan fingerprint density at radius 1 is 1.12 bits per heavy atom. The second-order valence-electron chi connectivity index (χ2n) is 6.84. The van der Waals surface area contributed by atoms with E-state index in [2.05, 4.69) is 36.0 Å². The van der Waals surface area contributed by atoms with E-state index in [0.717, 1.165) is 43.5 Å². The van der Waals surface area contributed by atoms with Gasteiger partial charge in [-0.05, 0) is 19.3 Å². The molecule has 0 aromatic carbocycles. The Labute approximate surface area is 147 Å². The van der Waals surface area contributed by atoms with Gasteiger partial charge in [0.25, 0.3) is 0 Å². The molecule has 0 saturated carbocycles. The largest absolute Gasteiger partial charge is 0.380 e. The van der Waals surface area contributed by atoms with Crippen molar-refractivity contribution >= 4 is 11.6 Å². The predicted octanol–water partition coefficient (Wildman–Crippen LogP) is 1.56. The minimum atomic E-state index is 0.113. The summed E-state index contributed by atoms with van der Waals surface area (Å²) >= 11 is 0. The summed E-state index contributed by atoms with van der Waals surface area (Å²) in [7, 11) is 3.74. The van der Waals surface area contributed by atoms with E-state index in [1.54, 1.807) is 19.8 Å². The number of rotatable bonds is 4. The van der Waals surface area contributed by atoms with E-state index in [-0.39, 0.29) is 12.1 Å². The van der Waals surface area contributed by atoms with Crippen LogP contribution in [0.3, 0.4) is 0 Å². The summed E-state index contributed by atoms with van der Waals surface area (Å²) in [5.74, 6) is 2.89. The van der Waals surface area contributed by atoms with Gasteiger partial charge in [-0.2, -0.15) is 0 Å². The number of anilines is 2. The molecule has 25 heavy (non-hydrogen) atoms. The number of aromatic nitrogens is 5. The maximum Gasteiger partial charge on any atom is 0.155 e. The highest BCUT2D eigenvalue weighted by atomic mass is 16.5. The van der Waals surface area contributed by atoms with Crippen molar-refractivity contribution in [2.45, 2.75) is 37.8 Å². The maximum atomic E-state index is 5.62. The van der Waals surface area contributed by atoms with Gasteiger partial charge in [0.2, 0.25) is 0 Å². The summed E-state index contributed by atoms with van der Waals surface area (Å²) in [6, 6.07) is 2.22. The van der Waals surface area contributed by atoms with E-state index in [1.165, 1.54) is 19.3 Å². The number of nitrogens with zero attached hydrogens (tertiary/aromatic N) is 7. The summed E-state index contributed by atoms with van der Waals surface area (Å²) in [6.45, 7) is 2.94. The van der Waals surface area contributed by atoms with Crippen molar-refractivity contribution in [2.75, 3.05) is 36.5 Å². The monoisotopic (exact) mass is 343 g/mol. The number of aryl methyl sites for hydroxylation is 1. The summed E-state index contributed by atoms with van der Waals surface area (Å²) in [6.07, 6.45) is 8.23. The van der Waals surface area contributed by atoms with E-state index in [1.807, 2.05) is 11.6 Å². The first-order valence-corrected chi connectivity index (χ1v) is 8.96. The normalized spacial score (nSPS) is 24.1. The van der Waals surface area contributed by atoms with Crippen LogP contribution in [0.15, 0.2) is 18.7 Å². The lowest BCUT2D eigenvalue weighted by molar-refractivity contribution is 0.118. The molecular weight excluding hydrogens is 318 g/mol. The van der Waals surface area contributed by atoms with Gasteiger partial charge in [0.1, 0.15) is 24.3 Å². The maximum absolute atomic E-state index is 5.62. The fourth-order valence-corrected chi connectivity index (χ4v) is 3.85. The molecule has 4 heterocycles. The van der Waals surface area contributed by atoms with Crippen molar-refractivity contribution in [3.05, 3.63) is 24.5 Å².